The lowest BCUT2D eigenvalue weighted by Gasteiger charge is -2.14. The van der Waals surface area contributed by atoms with Gasteiger partial charge in [0.1, 0.15) is 36.7 Å². The lowest BCUT2D eigenvalue weighted by atomic mass is 10.2. The summed E-state index contributed by atoms with van der Waals surface area (Å²) in [5, 5.41) is 18.8. The predicted octanol–water partition coefficient (Wildman–Crippen LogP) is 1.06. The van der Waals surface area contributed by atoms with Crippen LogP contribution in [0.4, 0.5) is 5.82 Å². The number of aliphatic hydroxyl groups is 1. The molecule has 1 aliphatic heterocycles. The fraction of sp³-hybridized carbons (Fsp3) is 0.455. The summed E-state index contributed by atoms with van der Waals surface area (Å²) >= 11 is 0. The van der Waals surface area contributed by atoms with E-state index in [0.29, 0.717) is 11.0 Å². The van der Waals surface area contributed by atoms with Gasteiger partial charge < -0.3 is 25.0 Å². The molecular formula is C11H16N4O12P3+. The maximum absolute atomic E-state index is 11.7. The lowest BCUT2D eigenvalue weighted by Crippen LogP contribution is -2.25. The largest absolute Gasteiger partial charge is 0.708 e. The minimum absolute atomic E-state index is 0.114. The standard InChI is InChI=1S/C11H15N4O12P3/c12-10-6-1-2-15(11(6)14-5-13-10)9-3-7(16)8(24-9)4-23-28(18)26-30(21,22)27-29(19,20)25-17/h1-2,5,7-9,16H,3-4H2,(H4-,12,13,14,17,19,20,21,22)/p+1/t7-,8+,9+/m0/s1. The van der Waals surface area contributed by atoms with Crippen LogP contribution in [0.3, 0.4) is 0 Å². The number of nitrogen functional groups attached to an aromatic ring is 1. The summed E-state index contributed by atoms with van der Waals surface area (Å²) in [5.41, 5.74) is 6.24. The second-order valence-electron chi connectivity index (χ2n) is 5.85. The number of aromatic nitrogens is 3. The number of nitrogens with two attached hydrogens (primary N) is 1. The number of fused-ring (bicyclic) bond motifs is 1. The SMILES string of the molecule is Nc1ncnc2c1ccn2[C@H]1C[C@H](O)[C@@H](CO[P+](=O)OP(=O)(O)OP(=O)(O)OO)O1. The second-order valence-corrected chi connectivity index (χ2v) is 9.90. The van der Waals surface area contributed by atoms with Crippen molar-refractivity contribution in [3.63, 3.8) is 0 Å². The highest BCUT2D eigenvalue weighted by Gasteiger charge is 2.46. The molecule has 16 nitrogen and oxygen atoms in total. The van der Waals surface area contributed by atoms with Gasteiger partial charge in [-0.25, -0.2) is 24.4 Å². The van der Waals surface area contributed by atoms with E-state index in [1.807, 2.05) is 0 Å². The normalized spacial score (nSPS) is 26.4. The molecule has 3 heterocycles. The van der Waals surface area contributed by atoms with Crippen LogP contribution in [-0.4, -0.2) is 53.5 Å². The minimum Gasteiger partial charge on any atom is -0.390 e. The van der Waals surface area contributed by atoms with E-state index in [0.717, 1.165) is 0 Å². The molecule has 1 aliphatic rings. The Hall–Kier alpha value is -1.38. The molecule has 0 amide bonds. The first kappa shape index (κ1) is 23.3. The van der Waals surface area contributed by atoms with Gasteiger partial charge in [-0.3, -0.25) is 4.89 Å². The van der Waals surface area contributed by atoms with Crippen molar-refractivity contribution in [3.05, 3.63) is 18.6 Å². The topological polar surface area (TPSA) is 235 Å². The van der Waals surface area contributed by atoms with Gasteiger partial charge in [-0.1, -0.05) is 0 Å². The van der Waals surface area contributed by atoms with Crippen molar-refractivity contribution in [2.45, 2.75) is 24.9 Å². The number of phosphoric acid groups is 2. The average Bonchev–Trinajstić information content (AvgIpc) is 3.23. The van der Waals surface area contributed by atoms with Crippen molar-refractivity contribution < 1.29 is 56.4 Å². The average molecular weight is 489 g/mol. The van der Waals surface area contributed by atoms with Gasteiger partial charge >= 0.3 is 23.9 Å². The molecule has 3 unspecified atom stereocenters. The number of aliphatic hydroxyl groups excluding tert-OH is 1. The summed E-state index contributed by atoms with van der Waals surface area (Å²) < 4.78 is 56.6. The van der Waals surface area contributed by atoms with Gasteiger partial charge in [-0.2, -0.15) is 4.31 Å². The van der Waals surface area contributed by atoms with Crippen molar-refractivity contribution >= 4 is 40.8 Å². The Bertz CT molecular complexity index is 1030. The highest BCUT2D eigenvalue weighted by atomic mass is 31.3. The fourth-order valence-electron chi connectivity index (χ4n) is 2.66. The number of rotatable bonds is 9. The number of hydrogen-bond acceptors (Lipinski definition) is 13. The first-order valence-electron chi connectivity index (χ1n) is 7.92. The monoisotopic (exact) mass is 489 g/mol. The van der Waals surface area contributed by atoms with E-state index in [9.17, 15) is 23.7 Å². The molecule has 6 atom stereocenters. The molecule has 3 rings (SSSR count). The maximum atomic E-state index is 11.7. The lowest BCUT2D eigenvalue weighted by molar-refractivity contribution is -0.157. The second kappa shape index (κ2) is 9.01. The molecule has 0 saturated carbocycles. The molecule has 19 heteroatoms. The summed E-state index contributed by atoms with van der Waals surface area (Å²) in [6, 6.07) is 1.67. The smallest absolute Gasteiger partial charge is 0.390 e. The van der Waals surface area contributed by atoms with Crippen LogP contribution in [0.1, 0.15) is 12.6 Å². The van der Waals surface area contributed by atoms with Gasteiger partial charge in [0.05, 0.1) is 11.5 Å². The molecule has 0 aromatic carbocycles. The Morgan fingerprint density at radius 1 is 1.33 bits per heavy atom. The molecule has 6 N–H and O–H groups in total. The van der Waals surface area contributed by atoms with Crippen LogP contribution < -0.4 is 5.73 Å². The van der Waals surface area contributed by atoms with E-state index in [-0.39, 0.29) is 12.2 Å². The predicted molar refractivity (Wildman–Crippen MR) is 95.6 cm³/mol. The Balaban J connectivity index is 1.58. The molecule has 166 valence electrons. The minimum atomic E-state index is -5.39. The van der Waals surface area contributed by atoms with E-state index in [1.165, 1.54) is 6.33 Å². The van der Waals surface area contributed by atoms with E-state index in [4.69, 9.17) is 25.1 Å². The summed E-state index contributed by atoms with van der Waals surface area (Å²) in [6.07, 6.45) is 0.279. The Labute approximate surface area is 168 Å². The van der Waals surface area contributed by atoms with Crippen molar-refractivity contribution in [1.29, 1.82) is 0 Å². The van der Waals surface area contributed by atoms with Crippen molar-refractivity contribution in [1.82, 2.24) is 14.5 Å². The van der Waals surface area contributed by atoms with Crippen molar-refractivity contribution in [2.24, 2.45) is 0 Å². The van der Waals surface area contributed by atoms with E-state index in [1.54, 1.807) is 16.8 Å². The number of hydrogen-bond donors (Lipinski definition) is 5. The molecular weight excluding hydrogens is 473 g/mol. The maximum Gasteiger partial charge on any atom is 0.708 e. The third kappa shape index (κ3) is 5.45. The highest BCUT2D eigenvalue weighted by molar-refractivity contribution is 7.64. The summed E-state index contributed by atoms with van der Waals surface area (Å²) in [6.45, 7) is -0.531. The first-order valence-corrected chi connectivity index (χ1v) is 12.0. The number of nitrogens with zero attached hydrogens (tertiary/aromatic N) is 3. The quantitative estimate of drug-likeness (QED) is 0.188. The van der Waals surface area contributed by atoms with Crippen LogP contribution in [0.2, 0.25) is 0 Å². The molecule has 1 saturated heterocycles. The molecule has 0 spiro atoms. The van der Waals surface area contributed by atoms with Crippen molar-refractivity contribution in [2.75, 3.05) is 12.3 Å². The van der Waals surface area contributed by atoms with Gasteiger partial charge in [0.25, 0.3) is 0 Å². The van der Waals surface area contributed by atoms with Crippen LogP contribution in [0, 0.1) is 0 Å². The van der Waals surface area contributed by atoms with Gasteiger partial charge in [0.15, 0.2) is 0 Å². The van der Waals surface area contributed by atoms with E-state index >= 15 is 0 Å². The molecule has 0 aliphatic carbocycles. The molecule has 2 aromatic rings. The van der Waals surface area contributed by atoms with E-state index in [2.05, 4.69) is 23.3 Å². The van der Waals surface area contributed by atoms with Crippen LogP contribution in [-0.2, 0) is 36.3 Å². The van der Waals surface area contributed by atoms with Crippen molar-refractivity contribution in [3.8, 4) is 0 Å². The molecule has 30 heavy (non-hydrogen) atoms. The fourth-order valence-corrected chi connectivity index (χ4v) is 5.34. The Morgan fingerprint density at radius 2 is 2.07 bits per heavy atom. The Kier molecular flexibility index (Phi) is 6.99. The number of anilines is 1. The van der Waals surface area contributed by atoms with Gasteiger partial charge in [-0.15, -0.1) is 9.20 Å². The van der Waals surface area contributed by atoms with Crippen LogP contribution in [0.25, 0.3) is 11.0 Å². The van der Waals surface area contributed by atoms with E-state index < -0.39 is 48.9 Å². The van der Waals surface area contributed by atoms with Gasteiger partial charge in [0.2, 0.25) is 0 Å². The molecule has 1 fully saturated rings. The highest BCUT2D eigenvalue weighted by Crippen LogP contribution is 2.63. The zero-order chi connectivity index (χ0) is 22.1. The zero-order valence-corrected chi connectivity index (χ0v) is 17.4. The van der Waals surface area contributed by atoms with Crippen LogP contribution in [0.15, 0.2) is 18.6 Å². The van der Waals surface area contributed by atoms with Crippen LogP contribution in [0.5, 0.6) is 0 Å². The first-order chi connectivity index (χ1) is 14.0. The summed E-state index contributed by atoms with van der Waals surface area (Å²) in [5.74, 6) is 0.265. The number of ether oxygens (including phenoxy) is 1. The molecule has 0 radical (unpaired) electrons. The third-order valence-corrected chi connectivity index (χ3v) is 7.45. The van der Waals surface area contributed by atoms with Gasteiger partial charge in [-0.05, 0) is 10.4 Å². The summed E-state index contributed by atoms with van der Waals surface area (Å²) in [4.78, 5) is 26.0. The molecule has 2 aromatic heterocycles. The Morgan fingerprint density at radius 3 is 2.77 bits per heavy atom. The zero-order valence-electron chi connectivity index (χ0n) is 14.7. The van der Waals surface area contributed by atoms with Gasteiger partial charge in [0, 0.05) is 17.2 Å². The molecule has 0 bridgehead atoms. The summed E-state index contributed by atoms with van der Waals surface area (Å²) in [7, 11) is -14.0. The third-order valence-electron chi connectivity index (χ3n) is 3.88. The van der Waals surface area contributed by atoms with Crippen LogP contribution >= 0.6 is 23.9 Å².